The maximum Gasteiger partial charge on any atom is 0.243 e. The summed E-state index contributed by atoms with van der Waals surface area (Å²) in [6, 6.07) is 8.19. The summed E-state index contributed by atoms with van der Waals surface area (Å²) in [7, 11) is -3.70. The number of piperidine rings is 1. The molecule has 0 saturated carbocycles. The van der Waals surface area contributed by atoms with Crippen molar-refractivity contribution in [2.24, 2.45) is 5.92 Å². The molecule has 2 aliphatic rings. The number of fused-ring (bicyclic) bond motifs is 1. The molecule has 2 aliphatic heterocycles. The third-order valence-electron chi connectivity index (χ3n) is 5.32. The monoisotopic (exact) mass is 352 g/mol. The zero-order valence-electron chi connectivity index (χ0n) is 14.1. The minimum atomic E-state index is -3.70. The van der Waals surface area contributed by atoms with Crippen LogP contribution in [0.5, 0.6) is 0 Å². The van der Waals surface area contributed by atoms with E-state index in [4.69, 9.17) is 0 Å². The van der Waals surface area contributed by atoms with Crippen LogP contribution in [0.2, 0.25) is 0 Å². The molecule has 132 valence electrons. The van der Waals surface area contributed by atoms with E-state index in [1.54, 1.807) is 49.1 Å². The first-order valence-corrected chi connectivity index (χ1v) is 9.69. The van der Waals surface area contributed by atoms with Gasteiger partial charge < -0.3 is 10.0 Å². The van der Waals surface area contributed by atoms with Gasteiger partial charge in [0.15, 0.2) is 0 Å². The quantitative estimate of drug-likeness (QED) is 0.883. The third kappa shape index (κ3) is 2.74. The topological polar surface area (TPSA) is 77.9 Å². The van der Waals surface area contributed by atoms with Gasteiger partial charge in [-0.05, 0) is 37.8 Å². The average Bonchev–Trinajstić information content (AvgIpc) is 2.88. The summed E-state index contributed by atoms with van der Waals surface area (Å²) in [5.41, 5.74) is -0.837. The van der Waals surface area contributed by atoms with Crippen molar-refractivity contribution in [2.45, 2.75) is 43.2 Å². The number of amides is 1. The second kappa shape index (κ2) is 6.13. The van der Waals surface area contributed by atoms with E-state index in [0.717, 1.165) is 0 Å². The second-order valence-corrected chi connectivity index (χ2v) is 8.87. The lowest BCUT2D eigenvalue weighted by molar-refractivity contribution is -0.130. The summed E-state index contributed by atoms with van der Waals surface area (Å²) in [5.74, 6) is 0.0711. The number of aliphatic hydroxyl groups excluding tert-OH is 1. The normalized spacial score (nSPS) is 31.0. The number of nitrogens with zero attached hydrogens (tertiary/aromatic N) is 2. The Morgan fingerprint density at radius 1 is 1.33 bits per heavy atom. The third-order valence-corrected chi connectivity index (χ3v) is 7.41. The molecule has 0 unspecified atom stereocenters. The maximum atomic E-state index is 13.2. The average molecular weight is 352 g/mol. The number of aliphatic hydroxyl groups is 1. The number of sulfonamides is 1. The molecule has 3 rings (SSSR count). The Balaban J connectivity index is 1.98. The molecule has 1 N–H and O–H groups in total. The van der Waals surface area contributed by atoms with Crippen LogP contribution in [0.4, 0.5) is 0 Å². The number of likely N-dealkylation sites (tertiary alicyclic amines) is 1. The Hall–Kier alpha value is -1.44. The van der Waals surface area contributed by atoms with Gasteiger partial charge in [0, 0.05) is 26.1 Å². The molecule has 0 spiro atoms. The first-order valence-electron chi connectivity index (χ1n) is 8.25. The Morgan fingerprint density at radius 2 is 2.00 bits per heavy atom. The second-order valence-electron chi connectivity index (χ2n) is 7.05. The molecule has 1 amide bonds. The van der Waals surface area contributed by atoms with Crippen LogP contribution in [0.15, 0.2) is 35.2 Å². The fourth-order valence-electron chi connectivity index (χ4n) is 4.18. The van der Waals surface area contributed by atoms with E-state index in [9.17, 15) is 18.3 Å². The van der Waals surface area contributed by atoms with E-state index in [2.05, 4.69) is 0 Å². The number of hydrogen-bond acceptors (Lipinski definition) is 4. The van der Waals surface area contributed by atoms with Crippen molar-refractivity contribution in [3.05, 3.63) is 30.3 Å². The molecule has 0 radical (unpaired) electrons. The fourth-order valence-corrected chi connectivity index (χ4v) is 6.25. The highest BCUT2D eigenvalue weighted by Gasteiger charge is 2.55. The van der Waals surface area contributed by atoms with Crippen molar-refractivity contribution in [3.63, 3.8) is 0 Å². The molecule has 2 fully saturated rings. The number of benzene rings is 1. The van der Waals surface area contributed by atoms with Crippen LogP contribution >= 0.6 is 0 Å². The zero-order valence-corrected chi connectivity index (χ0v) is 14.9. The van der Waals surface area contributed by atoms with Gasteiger partial charge in [-0.2, -0.15) is 4.31 Å². The lowest BCUT2D eigenvalue weighted by Gasteiger charge is -2.39. The standard InChI is InChI=1S/C17H24N2O4S/c1-13(21)18-9-8-16-14(11-18)10-17(2,12-20)19(16)24(22,23)15-6-4-3-5-7-15/h3-7,14,16,20H,8-12H2,1-2H3/t14-,16-,17+/m0/s1. The van der Waals surface area contributed by atoms with E-state index in [0.29, 0.717) is 25.9 Å². The summed E-state index contributed by atoms with van der Waals surface area (Å²) in [6.07, 6.45) is 1.16. The van der Waals surface area contributed by atoms with Crippen LogP contribution in [-0.4, -0.2) is 59.9 Å². The van der Waals surface area contributed by atoms with Gasteiger partial charge in [-0.15, -0.1) is 0 Å². The van der Waals surface area contributed by atoms with E-state index < -0.39 is 15.6 Å². The molecular weight excluding hydrogens is 328 g/mol. The number of hydrogen-bond donors (Lipinski definition) is 1. The largest absolute Gasteiger partial charge is 0.394 e. The van der Waals surface area contributed by atoms with Gasteiger partial charge in [0.1, 0.15) is 0 Å². The van der Waals surface area contributed by atoms with Crippen LogP contribution in [0.1, 0.15) is 26.7 Å². The van der Waals surface area contributed by atoms with Crippen molar-refractivity contribution in [1.82, 2.24) is 9.21 Å². The Bertz CT molecular complexity index is 721. The first-order chi connectivity index (χ1) is 11.3. The summed E-state index contributed by atoms with van der Waals surface area (Å²) in [6.45, 7) is 4.21. The Morgan fingerprint density at radius 3 is 2.58 bits per heavy atom. The number of carbonyl (C=O) groups is 1. The molecule has 0 bridgehead atoms. The summed E-state index contributed by atoms with van der Waals surface area (Å²) >= 11 is 0. The molecule has 1 aromatic rings. The zero-order chi connectivity index (χ0) is 17.5. The lowest BCUT2D eigenvalue weighted by atomic mass is 9.89. The fraction of sp³-hybridized carbons (Fsp3) is 0.588. The van der Waals surface area contributed by atoms with E-state index >= 15 is 0 Å². The number of carbonyl (C=O) groups excluding carboxylic acids is 1. The molecule has 24 heavy (non-hydrogen) atoms. The lowest BCUT2D eigenvalue weighted by Crippen LogP contribution is -2.53. The first kappa shape index (κ1) is 17.4. The highest BCUT2D eigenvalue weighted by Crippen LogP contribution is 2.45. The predicted molar refractivity (Wildman–Crippen MR) is 89.7 cm³/mol. The van der Waals surface area contributed by atoms with Gasteiger partial charge >= 0.3 is 0 Å². The van der Waals surface area contributed by atoms with Gasteiger partial charge in [0.05, 0.1) is 17.0 Å². The van der Waals surface area contributed by atoms with Gasteiger partial charge in [0.2, 0.25) is 15.9 Å². The molecule has 1 aromatic carbocycles. The predicted octanol–water partition coefficient (Wildman–Crippen LogP) is 1.07. The van der Waals surface area contributed by atoms with Crippen molar-refractivity contribution >= 4 is 15.9 Å². The van der Waals surface area contributed by atoms with Crippen molar-refractivity contribution in [1.29, 1.82) is 0 Å². The van der Waals surface area contributed by atoms with Crippen molar-refractivity contribution in [2.75, 3.05) is 19.7 Å². The van der Waals surface area contributed by atoms with Crippen LogP contribution in [-0.2, 0) is 14.8 Å². The van der Waals surface area contributed by atoms with E-state index in [1.165, 1.54) is 4.31 Å². The maximum absolute atomic E-state index is 13.2. The molecule has 3 atom stereocenters. The number of rotatable bonds is 3. The highest BCUT2D eigenvalue weighted by atomic mass is 32.2. The molecule has 2 saturated heterocycles. The molecule has 2 heterocycles. The van der Waals surface area contributed by atoms with E-state index in [1.807, 2.05) is 0 Å². The molecule has 7 heteroatoms. The molecular formula is C17H24N2O4S. The van der Waals surface area contributed by atoms with Crippen LogP contribution < -0.4 is 0 Å². The molecule has 0 aliphatic carbocycles. The summed E-state index contributed by atoms with van der Waals surface area (Å²) in [5, 5.41) is 9.94. The smallest absolute Gasteiger partial charge is 0.243 e. The minimum absolute atomic E-state index is 0.0171. The van der Waals surface area contributed by atoms with Gasteiger partial charge in [-0.3, -0.25) is 4.79 Å². The summed E-state index contributed by atoms with van der Waals surface area (Å²) < 4.78 is 27.9. The van der Waals surface area contributed by atoms with Gasteiger partial charge in [0.25, 0.3) is 0 Å². The summed E-state index contributed by atoms with van der Waals surface area (Å²) in [4.78, 5) is 13.7. The van der Waals surface area contributed by atoms with Gasteiger partial charge in [-0.1, -0.05) is 18.2 Å². The molecule has 0 aromatic heterocycles. The van der Waals surface area contributed by atoms with Crippen molar-refractivity contribution < 1.29 is 18.3 Å². The van der Waals surface area contributed by atoms with Gasteiger partial charge in [-0.25, -0.2) is 8.42 Å². The minimum Gasteiger partial charge on any atom is -0.394 e. The van der Waals surface area contributed by atoms with Crippen LogP contribution in [0.3, 0.4) is 0 Å². The Kier molecular flexibility index (Phi) is 4.44. The highest BCUT2D eigenvalue weighted by molar-refractivity contribution is 7.89. The Labute approximate surface area is 143 Å². The van der Waals surface area contributed by atoms with Crippen molar-refractivity contribution in [3.8, 4) is 0 Å². The molecule has 6 nitrogen and oxygen atoms in total. The van der Waals surface area contributed by atoms with Crippen LogP contribution in [0, 0.1) is 5.92 Å². The van der Waals surface area contributed by atoms with E-state index in [-0.39, 0.29) is 29.4 Å². The van der Waals surface area contributed by atoms with Crippen LogP contribution in [0.25, 0.3) is 0 Å². The SMILES string of the molecule is CC(=O)N1CC[C@H]2[C@H](C1)C[C@](C)(CO)N2S(=O)(=O)c1ccccc1.